The Balaban J connectivity index is 1.46. The quantitative estimate of drug-likeness (QED) is 0.638. The molecule has 0 radical (unpaired) electrons. The third-order valence-electron chi connectivity index (χ3n) is 5.19. The zero-order chi connectivity index (χ0) is 21.4. The molecule has 3 aromatic rings. The number of aliphatic hydroxyl groups is 1. The van der Waals surface area contributed by atoms with Crippen LogP contribution in [0.25, 0.3) is 0 Å². The molecule has 160 valence electrons. The molecule has 1 amide bonds. The molecule has 5 rings (SSSR count). The number of rotatable bonds is 5. The molecule has 0 spiro atoms. The van der Waals surface area contributed by atoms with Crippen molar-refractivity contribution in [1.29, 1.82) is 0 Å². The van der Waals surface area contributed by atoms with Crippen LogP contribution in [0.2, 0.25) is 0 Å². The molecule has 2 aromatic carbocycles. The Labute approximate surface area is 176 Å². The maximum Gasteiger partial charge on any atom is 0.262 e. The summed E-state index contributed by atoms with van der Waals surface area (Å²) in [5.41, 5.74) is 2.27. The van der Waals surface area contributed by atoms with E-state index >= 15 is 0 Å². The lowest BCUT2D eigenvalue weighted by molar-refractivity contribution is -0.118. The molecule has 2 aliphatic rings. The predicted octanol–water partition coefficient (Wildman–Crippen LogP) is 2.04. The first-order valence-electron chi connectivity index (χ1n) is 9.76. The van der Waals surface area contributed by atoms with Crippen molar-refractivity contribution in [2.24, 2.45) is 0 Å². The van der Waals surface area contributed by atoms with Gasteiger partial charge in [-0.2, -0.15) is 4.98 Å². The average Bonchev–Trinajstić information content (AvgIpc) is 3.22. The number of ether oxygens (including phenoxy) is 2. The van der Waals surface area contributed by atoms with Gasteiger partial charge in [0.2, 0.25) is 5.89 Å². The minimum Gasteiger partial charge on any atom is -0.489 e. The molecular formula is C21H19FN4O5. The Kier molecular flexibility index (Phi) is 4.91. The van der Waals surface area contributed by atoms with E-state index in [1.807, 2.05) is 18.2 Å². The van der Waals surface area contributed by atoms with Crippen LogP contribution in [0.15, 0.2) is 40.9 Å². The van der Waals surface area contributed by atoms with E-state index < -0.39 is 0 Å². The molecule has 2 N–H and O–H groups in total. The third kappa shape index (κ3) is 3.89. The lowest BCUT2D eigenvalue weighted by Gasteiger charge is -2.38. The number of carbonyl (C=O) groups is 1. The fourth-order valence-corrected chi connectivity index (χ4v) is 3.76. The number of halogens is 1. The van der Waals surface area contributed by atoms with Gasteiger partial charge in [0.15, 0.2) is 12.4 Å². The van der Waals surface area contributed by atoms with Gasteiger partial charge in [-0.1, -0.05) is 11.2 Å². The summed E-state index contributed by atoms with van der Waals surface area (Å²) in [6.07, 6.45) is 0.384. The fourth-order valence-electron chi connectivity index (χ4n) is 3.76. The van der Waals surface area contributed by atoms with E-state index in [2.05, 4.69) is 20.4 Å². The van der Waals surface area contributed by atoms with Crippen LogP contribution in [0.3, 0.4) is 0 Å². The number of aromatic nitrogens is 2. The number of hydrogen-bond acceptors (Lipinski definition) is 8. The molecule has 3 heterocycles. The third-order valence-corrected chi connectivity index (χ3v) is 5.19. The van der Waals surface area contributed by atoms with E-state index in [0.29, 0.717) is 36.0 Å². The molecular weight excluding hydrogens is 407 g/mol. The van der Waals surface area contributed by atoms with Crippen molar-refractivity contribution >= 4 is 17.3 Å². The SMILES string of the molecule is O=C1COc2ccc(CN3c4ccc(F)cc4OC[C@H]3Cc3nc(CO)no3)cc2N1. The molecule has 10 heteroatoms. The summed E-state index contributed by atoms with van der Waals surface area (Å²) >= 11 is 0. The van der Waals surface area contributed by atoms with Crippen molar-refractivity contribution in [2.45, 2.75) is 25.6 Å². The maximum absolute atomic E-state index is 13.7. The first-order valence-corrected chi connectivity index (χ1v) is 9.76. The molecule has 1 aromatic heterocycles. The molecule has 0 aliphatic carbocycles. The first-order chi connectivity index (χ1) is 15.1. The minimum absolute atomic E-state index is 0.00314. The normalized spacial score (nSPS) is 17.3. The molecule has 0 fully saturated rings. The van der Waals surface area contributed by atoms with Crippen molar-refractivity contribution in [1.82, 2.24) is 10.1 Å². The van der Waals surface area contributed by atoms with E-state index in [4.69, 9.17) is 14.0 Å². The van der Waals surface area contributed by atoms with Gasteiger partial charge in [-0.05, 0) is 29.8 Å². The van der Waals surface area contributed by atoms with E-state index in [9.17, 15) is 14.3 Å². The standard InChI is InChI=1S/C21H19FN4O5/c22-13-2-3-16-18(6-13)29-10-14(7-21-24-19(9-27)25-31-21)26(16)8-12-1-4-17-15(5-12)23-20(28)11-30-17/h1-6,14,27H,7-11H2,(H,23,28)/t14-/m1/s1. The Morgan fingerprint density at radius 1 is 1.19 bits per heavy atom. The fraction of sp³-hybridized carbons (Fsp3) is 0.286. The minimum atomic E-state index is -0.379. The molecule has 2 aliphatic heterocycles. The first kappa shape index (κ1) is 19.3. The summed E-state index contributed by atoms with van der Waals surface area (Å²) < 4.78 is 30.2. The highest BCUT2D eigenvalue weighted by molar-refractivity contribution is 5.95. The van der Waals surface area contributed by atoms with Gasteiger partial charge in [0.05, 0.1) is 23.8 Å². The van der Waals surface area contributed by atoms with E-state index in [-0.39, 0.29) is 43.4 Å². The monoisotopic (exact) mass is 426 g/mol. The number of nitrogens with zero attached hydrogens (tertiary/aromatic N) is 3. The van der Waals surface area contributed by atoms with E-state index in [1.165, 1.54) is 12.1 Å². The van der Waals surface area contributed by atoms with Crippen molar-refractivity contribution < 1.29 is 28.3 Å². The van der Waals surface area contributed by atoms with Crippen LogP contribution in [0, 0.1) is 5.82 Å². The Hall–Kier alpha value is -3.66. The highest BCUT2D eigenvalue weighted by atomic mass is 19.1. The molecule has 0 saturated carbocycles. The summed E-state index contributed by atoms with van der Waals surface area (Å²) in [5, 5.41) is 15.7. The van der Waals surface area contributed by atoms with Gasteiger partial charge in [0.25, 0.3) is 5.91 Å². The molecule has 0 bridgehead atoms. The lowest BCUT2D eigenvalue weighted by atomic mass is 10.1. The predicted molar refractivity (Wildman–Crippen MR) is 106 cm³/mol. The van der Waals surface area contributed by atoms with Gasteiger partial charge in [0.1, 0.15) is 30.5 Å². The summed E-state index contributed by atoms with van der Waals surface area (Å²) in [4.78, 5) is 17.9. The number of amides is 1. The smallest absolute Gasteiger partial charge is 0.262 e. The second kappa shape index (κ2) is 7.88. The Morgan fingerprint density at radius 3 is 2.94 bits per heavy atom. The van der Waals surface area contributed by atoms with Crippen LogP contribution in [-0.2, 0) is 24.4 Å². The van der Waals surface area contributed by atoms with Gasteiger partial charge in [-0.3, -0.25) is 4.79 Å². The second-order valence-corrected chi connectivity index (χ2v) is 7.34. The van der Waals surface area contributed by atoms with Gasteiger partial charge in [-0.15, -0.1) is 0 Å². The zero-order valence-electron chi connectivity index (χ0n) is 16.4. The van der Waals surface area contributed by atoms with Crippen LogP contribution >= 0.6 is 0 Å². The number of carbonyl (C=O) groups excluding carboxylic acids is 1. The molecule has 0 unspecified atom stereocenters. The van der Waals surface area contributed by atoms with E-state index in [1.54, 1.807) is 6.07 Å². The van der Waals surface area contributed by atoms with Crippen LogP contribution < -0.4 is 19.7 Å². The molecule has 0 saturated heterocycles. The molecule has 31 heavy (non-hydrogen) atoms. The highest BCUT2D eigenvalue weighted by Crippen LogP contribution is 2.37. The van der Waals surface area contributed by atoms with Crippen LogP contribution in [-0.4, -0.2) is 40.4 Å². The Morgan fingerprint density at radius 2 is 2.10 bits per heavy atom. The number of anilines is 2. The van der Waals surface area contributed by atoms with Gasteiger partial charge < -0.3 is 29.3 Å². The number of nitrogens with one attached hydrogen (secondary N) is 1. The number of benzene rings is 2. The summed E-state index contributed by atoms with van der Waals surface area (Å²) in [7, 11) is 0. The number of fused-ring (bicyclic) bond motifs is 2. The average molecular weight is 426 g/mol. The van der Waals surface area contributed by atoms with Crippen molar-refractivity contribution in [3.8, 4) is 11.5 Å². The van der Waals surface area contributed by atoms with Crippen LogP contribution in [0.4, 0.5) is 15.8 Å². The lowest BCUT2D eigenvalue weighted by Crippen LogP contribution is -2.44. The summed E-state index contributed by atoms with van der Waals surface area (Å²) in [6, 6.07) is 9.84. The highest BCUT2D eigenvalue weighted by Gasteiger charge is 2.30. The van der Waals surface area contributed by atoms with E-state index in [0.717, 1.165) is 11.3 Å². The van der Waals surface area contributed by atoms with Crippen molar-refractivity contribution in [3.63, 3.8) is 0 Å². The van der Waals surface area contributed by atoms with Crippen molar-refractivity contribution in [2.75, 3.05) is 23.4 Å². The molecule has 1 atom stereocenters. The maximum atomic E-state index is 13.7. The second-order valence-electron chi connectivity index (χ2n) is 7.34. The van der Waals surface area contributed by atoms with Crippen LogP contribution in [0.5, 0.6) is 11.5 Å². The van der Waals surface area contributed by atoms with Gasteiger partial charge >= 0.3 is 0 Å². The topological polar surface area (TPSA) is 110 Å². The largest absolute Gasteiger partial charge is 0.489 e. The Bertz CT molecular complexity index is 1130. The van der Waals surface area contributed by atoms with Crippen LogP contribution in [0.1, 0.15) is 17.3 Å². The number of hydrogen-bond donors (Lipinski definition) is 2. The number of aliphatic hydroxyl groups excluding tert-OH is 1. The zero-order valence-corrected chi connectivity index (χ0v) is 16.4. The van der Waals surface area contributed by atoms with Gasteiger partial charge in [-0.25, -0.2) is 4.39 Å². The van der Waals surface area contributed by atoms with Crippen molar-refractivity contribution in [3.05, 3.63) is 59.5 Å². The van der Waals surface area contributed by atoms with Gasteiger partial charge in [0, 0.05) is 12.6 Å². The summed E-state index contributed by atoms with van der Waals surface area (Å²) in [6.45, 7) is 0.450. The summed E-state index contributed by atoms with van der Waals surface area (Å²) in [5.74, 6) is 1.07. The molecule has 9 nitrogen and oxygen atoms in total.